The van der Waals surface area contributed by atoms with Gasteiger partial charge < -0.3 is 0 Å². The minimum Gasteiger partial charge on any atom is -0.195 e. The van der Waals surface area contributed by atoms with E-state index >= 15 is 0 Å². The summed E-state index contributed by atoms with van der Waals surface area (Å²) in [4.78, 5) is 4.01. The lowest BCUT2D eigenvalue weighted by Gasteiger charge is -2.05. The maximum atomic E-state index is 4.65. The molecule has 1 nitrogen and oxygen atoms in total. The second-order valence-electron chi connectivity index (χ2n) is 7.18. The van der Waals surface area contributed by atoms with E-state index in [9.17, 15) is 0 Å². The Morgan fingerprint density at radius 2 is 1.52 bits per heavy atom. The van der Waals surface area contributed by atoms with Crippen LogP contribution in [0.4, 0.5) is 5.69 Å². The average molecular weight is 396 g/mol. The maximum absolute atomic E-state index is 4.65. The van der Waals surface area contributed by atoms with Crippen LogP contribution in [0.5, 0.6) is 0 Å². The molecule has 0 spiro atoms. The first-order valence-electron chi connectivity index (χ1n) is 10.1. The zero-order chi connectivity index (χ0) is 20.5. The molecule has 0 heterocycles. The number of aryl methyl sites for hydroxylation is 2. The minimum absolute atomic E-state index is 0.809. The van der Waals surface area contributed by atoms with Crippen molar-refractivity contribution < 1.29 is 0 Å². The van der Waals surface area contributed by atoms with Crippen molar-refractivity contribution in [1.29, 1.82) is 0 Å². The monoisotopic (exact) mass is 395 g/mol. The van der Waals surface area contributed by atoms with Gasteiger partial charge in [-0.25, -0.2) is 0 Å². The Bertz CT molecular complexity index is 1060. The molecule has 0 aromatic heterocycles. The third-order valence-corrected chi connectivity index (χ3v) is 5.06. The number of aliphatic imine (C=N–C) groups is 1. The Kier molecular flexibility index (Phi) is 7.54. The molecule has 0 saturated carbocycles. The molecule has 29 heavy (non-hydrogen) atoms. The highest BCUT2D eigenvalue weighted by molar-refractivity contribution is 7.78. The molecule has 144 valence electrons. The van der Waals surface area contributed by atoms with Crippen molar-refractivity contribution in [2.75, 3.05) is 0 Å². The minimum atomic E-state index is 0.809. The molecule has 3 aromatic rings. The summed E-state index contributed by atoms with van der Waals surface area (Å²) in [6.45, 7) is 4.27. The van der Waals surface area contributed by atoms with Crippen molar-refractivity contribution in [3.8, 4) is 23.0 Å². The summed E-state index contributed by atoms with van der Waals surface area (Å²) < 4.78 is 0. The van der Waals surface area contributed by atoms with Crippen LogP contribution >= 0.6 is 12.2 Å². The third kappa shape index (κ3) is 6.00. The van der Waals surface area contributed by atoms with Crippen LogP contribution in [-0.2, 0) is 6.42 Å². The lowest BCUT2D eigenvalue weighted by molar-refractivity contribution is 0.717. The molecule has 0 fully saturated rings. The average Bonchev–Trinajstić information content (AvgIpc) is 2.75. The van der Waals surface area contributed by atoms with Crippen molar-refractivity contribution in [2.24, 2.45) is 4.99 Å². The number of nitrogens with zero attached hydrogens (tertiary/aromatic N) is 1. The molecule has 3 aromatic carbocycles. The van der Waals surface area contributed by atoms with E-state index in [1.807, 2.05) is 25.1 Å². The van der Waals surface area contributed by atoms with Crippen molar-refractivity contribution in [2.45, 2.75) is 39.5 Å². The smallest absolute Gasteiger partial charge is 0.0743 e. The molecule has 0 aliphatic heterocycles. The molecule has 0 amide bonds. The Hall–Kier alpha value is -2.98. The molecule has 0 N–H and O–H groups in total. The maximum Gasteiger partial charge on any atom is 0.0743 e. The lowest BCUT2D eigenvalue weighted by Crippen LogP contribution is -1.86. The number of benzene rings is 3. The Labute approximate surface area is 179 Å². The molecule has 0 unspecified atom stereocenters. The van der Waals surface area contributed by atoms with Crippen LogP contribution in [0, 0.1) is 18.8 Å². The van der Waals surface area contributed by atoms with Crippen LogP contribution < -0.4 is 0 Å². The van der Waals surface area contributed by atoms with Gasteiger partial charge in [0.05, 0.1) is 10.8 Å². The summed E-state index contributed by atoms with van der Waals surface area (Å²) in [5.74, 6) is 6.50. The number of hydrogen-bond donors (Lipinski definition) is 0. The molecule has 0 atom stereocenters. The number of hydrogen-bond acceptors (Lipinski definition) is 2. The first-order valence-corrected chi connectivity index (χ1v) is 10.5. The molecule has 0 aliphatic carbocycles. The van der Waals surface area contributed by atoms with Crippen LogP contribution in [0.15, 0.2) is 71.7 Å². The van der Waals surface area contributed by atoms with Gasteiger partial charge in [0.1, 0.15) is 0 Å². The van der Waals surface area contributed by atoms with Crippen molar-refractivity contribution in [3.63, 3.8) is 0 Å². The highest BCUT2D eigenvalue weighted by Crippen LogP contribution is 2.21. The molecule has 0 saturated heterocycles. The van der Waals surface area contributed by atoms with Gasteiger partial charge >= 0.3 is 0 Å². The highest BCUT2D eigenvalue weighted by atomic mass is 32.1. The Morgan fingerprint density at radius 3 is 2.14 bits per heavy atom. The van der Waals surface area contributed by atoms with Gasteiger partial charge in [-0.2, -0.15) is 4.99 Å². The number of isothiocyanates is 1. The molecule has 2 heteroatoms. The number of rotatable bonds is 6. The predicted octanol–water partition coefficient (Wildman–Crippen LogP) is 7.53. The largest absolute Gasteiger partial charge is 0.195 e. The van der Waals surface area contributed by atoms with Crippen molar-refractivity contribution in [1.82, 2.24) is 0 Å². The Morgan fingerprint density at radius 1 is 0.828 bits per heavy atom. The first-order chi connectivity index (χ1) is 14.2. The van der Waals surface area contributed by atoms with Crippen LogP contribution in [0.3, 0.4) is 0 Å². The van der Waals surface area contributed by atoms with Crippen LogP contribution in [0.2, 0.25) is 0 Å². The summed E-state index contributed by atoms with van der Waals surface area (Å²) in [5.41, 5.74) is 7.77. The van der Waals surface area contributed by atoms with Crippen LogP contribution in [-0.4, -0.2) is 5.16 Å². The van der Waals surface area contributed by atoms with Gasteiger partial charge in [0.2, 0.25) is 0 Å². The second kappa shape index (κ2) is 10.5. The van der Waals surface area contributed by atoms with E-state index in [0.29, 0.717) is 0 Å². The van der Waals surface area contributed by atoms with Gasteiger partial charge in [0.25, 0.3) is 0 Å². The van der Waals surface area contributed by atoms with Gasteiger partial charge in [-0.15, -0.1) is 0 Å². The fraction of sp³-hybridized carbons (Fsp3) is 0.222. The summed E-state index contributed by atoms with van der Waals surface area (Å²) in [6.07, 6.45) is 5.00. The fourth-order valence-corrected chi connectivity index (χ4v) is 3.34. The Balaban J connectivity index is 1.70. The van der Waals surface area contributed by atoms with Crippen LogP contribution in [0.1, 0.15) is 48.4 Å². The van der Waals surface area contributed by atoms with E-state index in [-0.39, 0.29) is 0 Å². The van der Waals surface area contributed by atoms with E-state index in [0.717, 1.165) is 22.4 Å². The lowest BCUT2D eigenvalue weighted by atomic mass is 10.0. The van der Waals surface area contributed by atoms with E-state index in [1.54, 1.807) is 0 Å². The summed E-state index contributed by atoms with van der Waals surface area (Å²) in [7, 11) is 0. The predicted molar refractivity (Wildman–Crippen MR) is 127 cm³/mol. The second-order valence-corrected chi connectivity index (χ2v) is 7.37. The molecule has 0 bridgehead atoms. The molecule has 0 aliphatic rings. The summed E-state index contributed by atoms with van der Waals surface area (Å²) in [6, 6.07) is 23.2. The quantitative estimate of drug-likeness (QED) is 0.182. The third-order valence-electron chi connectivity index (χ3n) is 4.97. The van der Waals surface area contributed by atoms with E-state index < -0.39 is 0 Å². The van der Waals surface area contributed by atoms with Crippen LogP contribution in [0.25, 0.3) is 11.1 Å². The van der Waals surface area contributed by atoms with E-state index in [4.69, 9.17) is 0 Å². The number of thiocarbonyl (C=S) groups is 1. The summed E-state index contributed by atoms with van der Waals surface area (Å²) in [5, 5.41) is 2.39. The van der Waals surface area contributed by atoms with E-state index in [1.165, 1.54) is 42.4 Å². The molecular formula is C27H25NS. The topological polar surface area (TPSA) is 12.4 Å². The number of unbranched alkanes of at least 4 members (excludes halogenated alkanes) is 2. The van der Waals surface area contributed by atoms with Crippen molar-refractivity contribution in [3.05, 3.63) is 89.0 Å². The summed E-state index contributed by atoms with van der Waals surface area (Å²) >= 11 is 4.65. The fourth-order valence-electron chi connectivity index (χ4n) is 3.24. The SMILES string of the molecule is CCCCCc1ccc(-c2ccc(C#Cc3ccc(N=C=S)cc3C)cc2)cc1. The zero-order valence-corrected chi connectivity index (χ0v) is 17.9. The standard InChI is InChI=1S/C27H25NS/c1-3-4-5-6-22-8-13-25(14-9-22)26-15-10-23(11-16-26)7-12-24-17-18-27(28-20-29)19-21(24)2/h8-11,13-19H,3-6H2,1-2H3. The highest BCUT2D eigenvalue weighted by Gasteiger charge is 2.00. The molecular weight excluding hydrogens is 370 g/mol. The normalized spacial score (nSPS) is 10.0. The molecule has 3 rings (SSSR count). The van der Waals surface area contributed by atoms with Gasteiger partial charge in [0, 0.05) is 11.1 Å². The van der Waals surface area contributed by atoms with Gasteiger partial charge in [-0.05, 0) is 84.6 Å². The van der Waals surface area contributed by atoms with Gasteiger partial charge in [-0.3, -0.25) is 0 Å². The van der Waals surface area contributed by atoms with E-state index in [2.05, 4.69) is 89.7 Å². The molecule has 0 radical (unpaired) electrons. The first kappa shape index (κ1) is 20.7. The van der Waals surface area contributed by atoms with Gasteiger partial charge in [-0.1, -0.05) is 68.0 Å². The van der Waals surface area contributed by atoms with Gasteiger partial charge in [0.15, 0.2) is 0 Å². The zero-order valence-electron chi connectivity index (χ0n) is 17.0. The van der Waals surface area contributed by atoms with Crippen molar-refractivity contribution >= 4 is 23.1 Å².